The van der Waals surface area contributed by atoms with Gasteiger partial charge in [0.15, 0.2) is 11.5 Å². The van der Waals surface area contributed by atoms with E-state index < -0.39 is 26.1 Å². The van der Waals surface area contributed by atoms with Gasteiger partial charge >= 0.3 is 5.69 Å². The highest BCUT2D eigenvalue weighted by atomic mass is 127. The Morgan fingerprint density at radius 1 is 0.882 bits per heavy atom. The largest absolute Gasteiger partial charge is 0.493 e. The highest BCUT2D eigenvalue weighted by Gasteiger charge is 2.23. The number of rotatable bonds is 9. The van der Waals surface area contributed by atoms with Crippen LogP contribution in [0.25, 0.3) is 0 Å². The van der Waals surface area contributed by atoms with E-state index >= 15 is 0 Å². The van der Waals surface area contributed by atoms with E-state index in [-0.39, 0.29) is 22.9 Å². The zero-order valence-electron chi connectivity index (χ0n) is 17.2. The van der Waals surface area contributed by atoms with Gasteiger partial charge in [-0.25, -0.2) is 0 Å². The Morgan fingerprint density at radius 2 is 1.53 bits per heavy atom. The molecular formula is C20H14IN5O8. The van der Waals surface area contributed by atoms with Gasteiger partial charge in [-0.3, -0.25) is 35.8 Å². The summed E-state index contributed by atoms with van der Waals surface area (Å²) in [7, 11) is 1.39. The molecule has 0 bridgehead atoms. The van der Waals surface area contributed by atoms with Gasteiger partial charge in [0.1, 0.15) is 0 Å². The third-order valence-electron chi connectivity index (χ3n) is 4.30. The highest BCUT2D eigenvalue weighted by molar-refractivity contribution is 14.1. The summed E-state index contributed by atoms with van der Waals surface area (Å²) in [5.74, 6) is 0.241. The van der Waals surface area contributed by atoms with Crippen LogP contribution in [0.3, 0.4) is 0 Å². The molecule has 0 fully saturated rings. The first-order valence-electron chi connectivity index (χ1n) is 9.21. The first kappa shape index (κ1) is 24.3. The van der Waals surface area contributed by atoms with Gasteiger partial charge in [-0.15, -0.1) is 0 Å². The lowest BCUT2D eigenvalue weighted by Gasteiger charge is -2.13. The van der Waals surface area contributed by atoms with E-state index in [1.54, 1.807) is 12.1 Å². The number of ether oxygens (including phenoxy) is 2. The molecule has 0 aliphatic heterocycles. The Morgan fingerprint density at radius 3 is 2.12 bits per heavy atom. The molecule has 174 valence electrons. The topological polar surface area (TPSA) is 172 Å². The van der Waals surface area contributed by atoms with Crippen LogP contribution in [0, 0.1) is 33.9 Å². The average Bonchev–Trinajstić information content (AvgIpc) is 2.80. The summed E-state index contributed by atoms with van der Waals surface area (Å²) in [6, 6.07) is 12.0. The number of nitro benzene ring substituents is 3. The van der Waals surface area contributed by atoms with E-state index in [1.165, 1.54) is 37.6 Å². The third kappa shape index (κ3) is 5.71. The van der Waals surface area contributed by atoms with Crippen molar-refractivity contribution in [1.29, 1.82) is 0 Å². The maximum absolute atomic E-state index is 11.4. The standard InChI is InChI=1S/C20H14IN5O8/c1-33-19-9-12(11-22-23-13-2-4-14(5-3-13)24(27)28)8-16(21)20(19)34-18-7-6-15(25(29)30)10-17(18)26(31)32/h2-11,23H,1H3/b22-11-. The molecular weight excluding hydrogens is 565 g/mol. The van der Waals surface area contributed by atoms with Crippen molar-refractivity contribution in [1.82, 2.24) is 0 Å². The molecule has 0 amide bonds. The Labute approximate surface area is 204 Å². The maximum atomic E-state index is 11.4. The Balaban J connectivity index is 1.84. The number of hydrogen-bond donors (Lipinski definition) is 1. The van der Waals surface area contributed by atoms with Crippen LogP contribution >= 0.6 is 22.6 Å². The van der Waals surface area contributed by atoms with Crippen LogP contribution in [0.15, 0.2) is 59.7 Å². The number of nitro groups is 3. The Hall–Kier alpha value is -4.34. The second-order valence-electron chi connectivity index (χ2n) is 6.48. The molecule has 0 aliphatic rings. The summed E-state index contributed by atoms with van der Waals surface area (Å²) < 4.78 is 11.6. The molecule has 0 saturated heterocycles. The summed E-state index contributed by atoms with van der Waals surface area (Å²) in [5.41, 5.74) is 2.84. The number of non-ortho nitro benzene ring substituents is 2. The van der Waals surface area contributed by atoms with Gasteiger partial charge in [0.25, 0.3) is 11.4 Å². The fraction of sp³-hybridized carbons (Fsp3) is 0.0500. The molecule has 0 heterocycles. The van der Waals surface area contributed by atoms with E-state index in [4.69, 9.17) is 9.47 Å². The quantitative estimate of drug-likeness (QED) is 0.154. The van der Waals surface area contributed by atoms with Crippen LogP contribution in [-0.2, 0) is 0 Å². The van der Waals surface area contributed by atoms with Gasteiger partial charge in [-0.1, -0.05) is 0 Å². The van der Waals surface area contributed by atoms with Crippen LogP contribution in [-0.4, -0.2) is 28.1 Å². The molecule has 0 saturated carbocycles. The lowest BCUT2D eigenvalue weighted by Crippen LogP contribution is -1.99. The van der Waals surface area contributed by atoms with Crippen LogP contribution in [0.1, 0.15) is 5.56 Å². The van der Waals surface area contributed by atoms with Gasteiger partial charge in [0.05, 0.1) is 43.4 Å². The lowest BCUT2D eigenvalue weighted by atomic mass is 10.2. The number of hydrazone groups is 1. The molecule has 3 aromatic rings. The average molecular weight is 579 g/mol. The molecule has 3 aromatic carbocycles. The van der Waals surface area contributed by atoms with Gasteiger partial charge in [-0.05, 0) is 58.5 Å². The molecule has 1 N–H and O–H groups in total. The van der Waals surface area contributed by atoms with E-state index in [0.29, 0.717) is 14.8 Å². The zero-order valence-corrected chi connectivity index (χ0v) is 19.4. The monoisotopic (exact) mass is 579 g/mol. The highest BCUT2D eigenvalue weighted by Crippen LogP contribution is 2.41. The smallest absolute Gasteiger partial charge is 0.318 e. The molecule has 13 nitrogen and oxygen atoms in total. The van der Waals surface area contributed by atoms with Gasteiger partial charge in [-0.2, -0.15) is 5.10 Å². The number of halogens is 1. The van der Waals surface area contributed by atoms with Crippen molar-refractivity contribution in [2.75, 3.05) is 12.5 Å². The van der Waals surface area contributed by atoms with Crippen molar-refractivity contribution in [3.8, 4) is 17.2 Å². The van der Waals surface area contributed by atoms with Gasteiger partial charge in [0.2, 0.25) is 5.75 Å². The number of nitrogens with one attached hydrogen (secondary N) is 1. The van der Waals surface area contributed by atoms with Crippen molar-refractivity contribution in [2.45, 2.75) is 0 Å². The molecule has 14 heteroatoms. The number of hydrogen-bond acceptors (Lipinski definition) is 10. The van der Waals surface area contributed by atoms with E-state index in [2.05, 4.69) is 10.5 Å². The number of anilines is 1. The maximum Gasteiger partial charge on any atom is 0.318 e. The van der Waals surface area contributed by atoms with Crippen LogP contribution < -0.4 is 14.9 Å². The van der Waals surface area contributed by atoms with E-state index in [1.807, 2.05) is 22.6 Å². The van der Waals surface area contributed by atoms with Crippen molar-refractivity contribution in [3.05, 3.63) is 94.1 Å². The van der Waals surface area contributed by atoms with Crippen LogP contribution in [0.2, 0.25) is 0 Å². The zero-order chi connectivity index (χ0) is 24.8. The van der Waals surface area contributed by atoms with Crippen LogP contribution in [0.4, 0.5) is 22.7 Å². The summed E-state index contributed by atoms with van der Waals surface area (Å²) in [4.78, 5) is 31.0. The predicted octanol–water partition coefficient (Wildman–Crippen LogP) is 5.26. The molecule has 0 aromatic heterocycles. The van der Waals surface area contributed by atoms with E-state index in [9.17, 15) is 30.3 Å². The van der Waals surface area contributed by atoms with Crippen molar-refractivity contribution in [2.24, 2.45) is 5.10 Å². The minimum Gasteiger partial charge on any atom is -0.493 e. The van der Waals surface area contributed by atoms with Gasteiger partial charge < -0.3 is 9.47 Å². The first-order chi connectivity index (χ1) is 16.2. The molecule has 0 unspecified atom stereocenters. The molecule has 0 spiro atoms. The minimum absolute atomic E-state index is 0.0438. The first-order valence-corrected chi connectivity index (χ1v) is 10.3. The number of benzene rings is 3. The molecule has 0 aliphatic carbocycles. The summed E-state index contributed by atoms with van der Waals surface area (Å²) in [6.45, 7) is 0. The lowest BCUT2D eigenvalue weighted by molar-refractivity contribution is -0.394. The summed E-state index contributed by atoms with van der Waals surface area (Å²) >= 11 is 1.95. The molecule has 0 atom stereocenters. The second kappa shape index (κ2) is 10.5. The fourth-order valence-electron chi connectivity index (χ4n) is 2.71. The SMILES string of the molecule is COc1cc(/C=N\Nc2ccc([N+](=O)[O-])cc2)cc(I)c1Oc1ccc([N+](=O)[O-])cc1[N+](=O)[O-]. The van der Waals surface area contributed by atoms with E-state index in [0.717, 1.165) is 18.2 Å². The molecule has 0 radical (unpaired) electrons. The fourth-order valence-corrected chi connectivity index (χ4v) is 3.45. The minimum atomic E-state index is -0.771. The Bertz CT molecular complexity index is 1300. The predicted molar refractivity (Wildman–Crippen MR) is 130 cm³/mol. The third-order valence-corrected chi connectivity index (χ3v) is 5.10. The van der Waals surface area contributed by atoms with Crippen molar-refractivity contribution in [3.63, 3.8) is 0 Å². The normalized spacial score (nSPS) is 10.6. The van der Waals surface area contributed by atoms with Crippen molar-refractivity contribution < 1.29 is 24.2 Å². The van der Waals surface area contributed by atoms with Crippen LogP contribution in [0.5, 0.6) is 17.2 Å². The number of nitrogens with zero attached hydrogens (tertiary/aromatic N) is 4. The second-order valence-corrected chi connectivity index (χ2v) is 7.64. The Kier molecular flexibility index (Phi) is 7.52. The molecule has 34 heavy (non-hydrogen) atoms. The summed E-state index contributed by atoms with van der Waals surface area (Å²) in [6.07, 6.45) is 1.48. The number of methoxy groups -OCH3 is 1. The molecule has 3 rings (SSSR count). The summed E-state index contributed by atoms with van der Waals surface area (Å²) in [5, 5.41) is 37.1. The van der Waals surface area contributed by atoms with Gasteiger partial charge in [0, 0.05) is 18.2 Å². The van der Waals surface area contributed by atoms with Crippen molar-refractivity contribution >= 4 is 51.6 Å².